The Bertz CT molecular complexity index is 1240. The summed E-state index contributed by atoms with van der Waals surface area (Å²) < 4.78 is 15.0. The number of rotatable bonds is 4. The number of carbonyl (C=O) groups excluding carboxylic acids is 1. The molecule has 1 aliphatic rings. The van der Waals surface area contributed by atoms with Gasteiger partial charge in [-0.25, -0.2) is 9.07 Å². The van der Waals surface area contributed by atoms with Gasteiger partial charge in [0.25, 0.3) is 5.91 Å². The fourth-order valence-corrected chi connectivity index (χ4v) is 4.09. The molecule has 0 radical (unpaired) electrons. The molecule has 7 heteroatoms. The molecule has 0 unspecified atom stereocenters. The van der Waals surface area contributed by atoms with E-state index < -0.39 is 0 Å². The standard InChI is InChI=1S/C25H24FN5O/c1-18-2-4-19(5-3-18)17-31-24-11-6-20(16-23(24)27-28-31)25(32)30-14-12-29(13-15-30)22-9-7-21(26)8-10-22/h2-11,16H,12-15,17H2,1H3. The fourth-order valence-electron chi connectivity index (χ4n) is 4.09. The maximum atomic E-state index is 13.2. The summed E-state index contributed by atoms with van der Waals surface area (Å²) in [6, 6.07) is 20.4. The van der Waals surface area contributed by atoms with Crippen LogP contribution in [0.1, 0.15) is 21.5 Å². The number of nitrogens with zero attached hydrogens (tertiary/aromatic N) is 5. The minimum atomic E-state index is -0.242. The summed E-state index contributed by atoms with van der Waals surface area (Å²) in [5.41, 5.74) is 5.59. The molecular formula is C25H24FN5O. The van der Waals surface area contributed by atoms with E-state index in [-0.39, 0.29) is 11.7 Å². The smallest absolute Gasteiger partial charge is 0.254 e. The normalized spacial score (nSPS) is 14.2. The number of halogens is 1. The molecule has 0 bridgehead atoms. The Balaban J connectivity index is 1.27. The van der Waals surface area contributed by atoms with Gasteiger partial charge in [-0.1, -0.05) is 35.0 Å². The van der Waals surface area contributed by atoms with Gasteiger partial charge in [-0.3, -0.25) is 4.79 Å². The van der Waals surface area contributed by atoms with E-state index in [9.17, 15) is 9.18 Å². The summed E-state index contributed by atoms with van der Waals surface area (Å²) in [6.45, 7) is 5.37. The first-order valence-electron chi connectivity index (χ1n) is 10.8. The molecule has 0 atom stereocenters. The highest BCUT2D eigenvalue weighted by atomic mass is 19.1. The number of amides is 1. The summed E-state index contributed by atoms with van der Waals surface area (Å²) in [5, 5.41) is 8.57. The number of piperazine rings is 1. The third-order valence-electron chi connectivity index (χ3n) is 5.97. The molecule has 0 saturated carbocycles. The van der Waals surface area contributed by atoms with Crippen molar-refractivity contribution in [1.82, 2.24) is 19.9 Å². The predicted octanol–water partition coefficient (Wildman–Crippen LogP) is 3.89. The Labute approximate surface area is 185 Å². The summed E-state index contributed by atoms with van der Waals surface area (Å²) in [7, 11) is 0. The minimum Gasteiger partial charge on any atom is -0.368 e. The molecular weight excluding hydrogens is 405 g/mol. The van der Waals surface area contributed by atoms with Crippen molar-refractivity contribution < 1.29 is 9.18 Å². The van der Waals surface area contributed by atoms with Gasteiger partial charge in [-0.05, 0) is 55.0 Å². The van der Waals surface area contributed by atoms with Crippen LogP contribution >= 0.6 is 0 Å². The van der Waals surface area contributed by atoms with Crippen LogP contribution < -0.4 is 4.90 Å². The van der Waals surface area contributed by atoms with Crippen molar-refractivity contribution in [1.29, 1.82) is 0 Å². The van der Waals surface area contributed by atoms with Gasteiger partial charge in [0.15, 0.2) is 0 Å². The average molecular weight is 429 g/mol. The topological polar surface area (TPSA) is 54.3 Å². The van der Waals surface area contributed by atoms with Crippen molar-refractivity contribution in [3.05, 3.63) is 89.2 Å². The van der Waals surface area contributed by atoms with E-state index in [1.807, 2.05) is 27.8 Å². The Hall–Kier alpha value is -3.74. The molecule has 2 heterocycles. The number of aryl methyl sites for hydroxylation is 1. The lowest BCUT2D eigenvalue weighted by Crippen LogP contribution is -2.48. The quantitative estimate of drug-likeness (QED) is 0.494. The molecule has 3 aromatic carbocycles. The minimum absolute atomic E-state index is 0.00117. The van der Waals surface area contributed by atoms with Crippen molar-refractivity contribution in [3.63, 3.8) is 0 Å². The van der Waals surface area contributed by atoms with E-state index in [4.69, 9.17) is 0 Å². The SMILES string of the molecule is Cc1ccc(Cn2nnc3cc(C(=O)N4CCN(c5ccc(F)cc5)CC4)ccc32)cc1. The summed E-state index contributed by atoms with van der Waals surface area (Å²) in [6.07, 6.45) is 0. The molecule has 0 aliphatic carbocycles. The second-order valence-corrected chi connectivity index (χ2v) is 8.19. The first-order valence-corrected chi connectivity index (χ1v) is 10.8. The summed E-state index contributed by atoms with van der Waals surface area (Å²) in [4.78, 5) is 17.1. The van der Waals surface area contributed by atoms with Crippen molar-refractivity contribution in [3.8, 4) is 0 Å². The second-order valence-electron chi connectivity index (χ2n) is 8.19. The van der Waals surface area contributed by atoms with Crippen LogP contribution in [-0.4, -0.2) is 52.0 Å². The molecule has 6 nitrogen and oxygen atoms in total. The van der Waals surface area contributed by atoms with Gasteiger partial charge in [0, 0.05) is 37.4 Å². The zero-order chi connectivity index (χ0) is 22.1. The van der Waals surface area contributed by atoms with Crippen LogP contribution in [0.15, 0.2) is 66.7 Å². The first-order chi connectivity index (χ1) is 15.6. The number of benzene rings is 3. The van der Waals surface area contributed by atoms with Crippen molar-refractivity contribution in [2.75, 3.05) is 31.1 Å². The maximum Gasteiger partial charge on any atom is 0.254 e. The first kappa shape index (κ1) is 20.2. The summed E-state index contributed by atoms with van der Waals surface area (Å²) in [5.74, 6) is -0.243. The van der Waals surface area contributed by atoms with Gasteiger partial charge in [-0.2, -0.15) is 0 Å². The molecule has 1 aliphatic heterocycles. The van der Waals surface area contributed by atoms with Crippen LogP contribution in [0, 0.1) is 12.7 Å². The highest BCUT2D eigenvalue weighted by Crippen LogP contribution is 2.20. The largest absolute Gasteiger partial charge is 0.368 e. The van der Waals surface area contributed by atoms with E-state index in [2.05, 4.69) is 46.4 Å². The Morgan fingerprint density at radius 1 is 0.938 bits per heavy atom. The van der Waals surface area contributed by atoms with Crippen molar-refractivity contribution in [2.24, 2.45) is 0 Å². The average Bonchev–Trinajstić information content (AvgIpc) is 3.22. The Morgan fingerprint density at radius 2 is 1.66 bits per heavy atom. The van der Waals surface area contributed by atoms with Gasteiger partial charge in [-0.15, -0.1) is 5.10 Å². The summed E-state index contributed by atoms with van der Waals surface area (Å²) >= 11 is 0. The maximum absolute atomic E-state index is 13.2. The predicted molar refractivity (Wildman–Crippen MR) is 122 cm³/mol. The molecule has 5 rings (SSSR count). The molecule has 0 spiro atoms. The number of fused-ring (bicyclic) bond motifs is 1. The molecule has 1 saturated heterocycles. The third kappa shape index (κ3) is 4.06. The van der Waals surface area contributed by atoms with Crippen LogP contribution in [0.5, 0.6) is 0 Å². The molecule has 1 fully saturated rings. The number of hydrogen-bond acceptors (Lipinski definition) is 4. The number of aromatic nitrogens is 3. The van der Waals surface area contributed by atoms with E-state index in [0.29, 0.717) is 43.8 Å². The zero-order valence-corrected chi connectivity index (χ0v) is 17.9. The van der Waals surface area contributed by atoms with Gasteiger partial charge in [0.2, 0.25) is 0 Å². The monoisotopic (exact) mass is 429 g/mol. The molecule has 4 aromatic rings. The van der Waals surface area contributed by atoms with E-state index in [1.54, 1.807) is 12.1 Å². The molecule has 0 N–H and O–H groups in total. The lowest BCUT2D eigenvalue weighted by Gasteiger charge is -2.36. The molecule has 1 amide bonds. The fraction of sp³-hybridized carbons (Fsp3) is 0.240. The van der Waals surface area contributed by atoms with Gasteiger partial charge < -0.3 is 9.80 Å². The number of hydrogen-bond donors (Lipinski definition) is 0. The van der Waals surface area contributed by atoms with Crippen LogP contribution in [0.4, 0.5) is 10.1 Å². The van der Waals surface area contributed by atoms with Crippen LogP contribution in [0.25, 0.3) is 11.0 Å². The highest BCUT2D eigenvalue weighted by Gasteiger charge is 2.23. The van der Waals surface area contributed by atoms with E-state index in [1.165, 1.54) is 17.7 Å². The van der Waals surface area contributed by atoms with Crippen molar-refractivity contribution >= 4 is 22.6 Å². The van der Waals surface area contributed by atoms with Crippen LogP contribution in [-0.2, 0) is 6.54 Å². The lowest BCUT2D eigenvalue weighted by atomic mass is 10.1. The van der Waals surface area contributed by atoms with Gasteiger partial charge >= 0.3 is 0 Å². The van der Waals surface area contributed by atoms with Gasteiger partial charge in [0.05, 0.1) is 12.1 Å². The van der Waals surface area contributed by atoms with Crippen molar-refractivity contribution in [2.45, 2.75) is 13.5 Å². The zero-order valence-electron chi connectivity index (χ0n) is 17.9. The number of carbonyl (C=O) groups is 1. The second kappa shape index (κ2) is 8.42. The Morgan fingerprint density at radius 3 is 2.38 bits per heavy atom. The van der Waals surface area contributed by atoms with E-state index in [0.717, 1.165) is 16.8 Å². The Kier molecular flexibility index (Phi) is 5.31. The van der Waals surface area contributed by atoms with Crippen LogP contribution in [0.3, 0.4) is 0 Å². The van der Waals surface area contributed by atoms with Crippen LogP contribution in [0.2, 0.25) is 0 Å². The van der Waals surface area contributed by atoms with E-state index >= 15 is 0 Å². The molecule has 162 valence electrons. The number of anilines is 1. The molecule has 1 aromatic heterocycles. The highest BCUT2D eigenvalue weighted by molar-refractivity contribution is 5.97. The lowest BCUT2D eigenvalue weighted by molar-refractivity contribution is 0.0747. The molecule has 32 heavy (non-hydrogen) atoms. The third-order valence-corrected chi connectivity index (χ3v) is 5.97. The van der Waals surface area contributed by atoms with Gasteiger partial charge in [0.1, 0.15) is 11.3 Å².